The Morgan fingerprint density at radius 2 is 2.19 bits per heavy atom. The van der Waals surface area contributed by atoms with E-state index in [0.717, 1.165) is 12.8 Å². The molecule has 86 valence electrons. The zero-order valence-corrected chi connectivity index (χ0v) is 9.88. The Bertz CT molecular complexity index is 442. The monoisotopic (exact) mass is 221 g/mol. The van der Waals surface area contributed by atoms with Gasteiger partial charge in [0.2, 0.25) is 0 Å². The standard InChI is InChI=1S/C13H16FNO/c1-4-8-13(3)12-10(14)6-5-7-11(12)16-9(2)15-13/h5-7H,4,8H2,1-3H3. The van der Waals surface area contributed by atoms with Crippen molar-refractivity contribution in [3.05, 3.63) is 29.6 Å². The van der Waals surface area contributed by atoms with Crippen LogP contribution in [0.15, 0.2) is 23.2 Å². The zero-order valence-electron chi connectivity index (χ0n) is 9.88. The molecule has 0 saturated heterocycles. The molecule has 1 aromatic rings. The van der Waals surface area contributed by atoms with Crippen LogP contribution in [-0.2, 0) is 5.54 Å². The molecule has 1 heterocycles. The van der Waals surface area contributed by atoms with Gasteiger partial charge < -0.3 is 4.74 Å². The van der Waals surface area contributed by atoms with Crippen LogP contribution in [0.5, 0.6) is 5.75 Å². The largest absolute Gasteiger partial charge is 0.443 e. The number of rotatable bonds is 2. The van der Waals surface area contributed by atoms with Crippen LogP contribution in [0, 0.1) is 5.82 Å². The van der Waals surface area contributed by atoms with Gasteiger partial charge in [-0.15, -0.1) is 0 Å². The van der Waals surface area contributed by atoms with Gasteiger partial charge in [-0.25, -0.2) is 9.38 Å². The summed E-state index contributed by atoms with van der Waals surface area (Å²) in [7, 11) is 0. The smallest absolute Gasteiger partial charge is 0.187 e. The normalized spacial score (nSPS) is 23.4. The lowest BCUT2D eigenvalue weighted by atomic mass is 9.86. The van der Waals surface area contributed by atoms with Crippen LogP contribution in [0.3, 0.4) is 0 Å². The highest BCUT2D eigenvalue weighted by atomic mass is 19.1. The number of hydrogen-bond acceptors (Lipinski definition) is 2. The molecule has 1 aliphatic heterocycles. The fourth-order valence-electron chi connectivity index (χ4n) is 2.37. The zero-order chi connectivity index (χ0) is 11.8. The molecule has 3 heteroatoms. The lowest BCUT2D eigenvalue weighted by Gasteiger charge is -2.32. The second-order valence-corrected chi connectivity index (χ2v) is 4.37. The predicted molar refractivity (Wildman–Crippen MR) is 62.4 cm³/mol. The van der Waals surface area contributed by atoms with Gasteiger partial charge in [-0.2, -0.15) is 0 Å². The van der Waals surface area contributed by atoms with E-state index in [9.17, 15) is 4.39 Å². The molecule has 1 aliphatic rings. The van der Waals surface area contributed by atoms with Gasteiger partial charge in [0.15, 0.2) is 5.90 Å². The number of benzene rings is 1. The highest BCUT2D eigenvalue weighted by molar-refractivity contribution is 5.79. The van der Waals surface area contributed by atoms with Crippen LogP contribution in [0.25, 0.3) is 0 Å². The average molecular weight is 221 g/mol. The van der Waals surface area contributed by atoms with Crippen molar-refractivity contribution in [1.82, 2.24) is 0 Å². The summed E-state index contributed by atoms with van der Waals surface area (Å²) in [4.78, 5) is 4.46. The molecule has 0 aliphatic carbocycles. The van der Waals surface area contributed by atoms with E-state index < -0.39 is 5.54 Å². The maximum absolute atomic E-state index is 13.9. The molecule has 0 aromatic heterocycles. The van der Waals surface area contributed by atoms with Crippen LogP contribution in [-0.4, -0.2) is 5.90 Å². The fraction of sp³-hybridized carbons (Fsp3) is 0.462. The summed E-state index contributed by atoms with van der Waals surface area (Å²) in [5, 5.41) is 0. The third-order valence-corrected chi connectivity index (χ3v) is 2.91. The molecule has 0 fully saturated rings. The second-order valence-electron chi connectivity index (χ2n) is 4.37. The molecule has 0 radical (unpaired) electrons. The summed E-state index contributed by atoms with van der Waals surface area (Å²) in [6.45, 7) is 5.85. The van der Waals surface area contributed by atoms with Crippen LogP contribution in [0.4, 0.5) is 4.39 Å². The molecule has 2 rings (SSSR count). The average Bonchev–Trinajstić information content (AvgIpc) is 2.16. The van der Waals surface area contributed by atoms with Gasteiger partial charge in [-0.05, 0) is 25.5 Å². The predicted octanol–water partition coefficient (Wildman–Crippen LogP) is 3.65. The minimum absolute atomic E-state index is 0.232. The highest BCUT2D eigenvalue weighted by Gasteiger charge is 2.35. The number of aliphatic imine (C=N–C) groups is 1. The van der Waals surface area contributed by atoms with E-state index in [1.807, 2.05) is 13.8 Å². The van der Waals surface area contributed by atoms with E-state index >= 15 is 0 Å². The molecule has 0 saturated carbocycles. The van der Waals surface area contributed by atoms with Gasteiger partial charge in [-0.3, -0.25) is 0 Å². The molecule has 0 amide bonds. The van der Waals surface area contributed by atoms with Gasteiger partial charge in [0, 0.05) is 6.92 Å². The van der Waals surface area contributed by atoms with Crippen LogP contribution in [0.1, 0.15) is 39.2 Å². The highest BCUT2D eigenvalue weighted by Crippen LogP contribution is 2.41. The number of ether oxygens (including phenoxy) is 1. The van der Waals surface area contributed by atoms with Gasteiger partial charge in [-0.1, -0.05) is 19.4 Å². The van der Waals surface area contributed by atoms with E-state index in [4.69, 9.17) is 4.74 Å². The third-order valence-electron chi connectivity index (χ3n) is 2.91. The molecule has 1 aromatic carbocycles. The summed E-state index contributed by atoms with van der Waals surface area (Å²) >= 11 is 0. The Morgan fingerprint density at radius 3 is 2.88 bits per heavy atom. The molecule has 16 heavy (non-hydrogen) atoms. The Balaban J connectivity index is 2.58. The Hall–Kier alpha value is -1.38. The van der Waals surface area contributed by atoms with E-state index in [-0.39, 0.29) is 5.82 Å². The van der Waals surface area contributed by atoms with E-state index in [1.165, 1.54) is 6.07 Å². The van der Waals surface area contributed by atoms with Crippen molar-refractivity contribution in [2.24, 2.45) is 4.99 Å². The SMILES string of the molecule is CCCC1(C)N=C(C)Oc2cccc(F)c21. The van der Waals surface area contributed by atoms with Gasteiger partial charge >= 0.3 is 0 Å². The van der Waals surface area contributed by atoms with E-state index in [2.05, 4.69) is 11.9 Å². The summed E-state index contributed by atoms with van der Waals surface area (Å²) in [5.74, 6) is 0.974. The van der Waals surface area contributed by atoms with Crippen LogP contribution in [0.2, 0.25) is 0 Å². The Morgan fingerprint density at radius 1 is 1.44 bits per heavy atom. The molecular formula is C13H16FNO. The maximum atomic E-state index is 13.9. The third kappa shape index (κ3) is 1.70. The van der Waals surface area contributed by atoms with E-state index in [1.54, 1.807) is 12.1 Å². The first-order chi connectivity index (χ1) is 7.57. The molecular weight excluding hydrogens is 205 g/mol. The first-order valence-corrected chi connectivity index (χ1v) is 5.60. The number of fused-ring (bicyclic) bond motifs is 1. The summed E-state index contributed by atoms with van der Waals surface area (Å²) < 4.78 is 19.3. The number of hydrogen-bond donors (Lipinski definition) is 0. The van der Waals surface area contributed by atoms with E-state index in [0.29, 0.717) is 17.2 Å². The van der Waals surface area contributed by atoms with Crippen molar-refractivity contribution in [1.29, 1.82) is 0 Å². The van der Waals surface area contributed by atoms with Gasteiger partial charge in [0.1, 0.15) is 11.6 Å². The quantitative estimate of drug-likeness (QED) is 0.747. The summed E-state index contributed by atoms with van der Waals surface area (Å²) in [5.41, 5.74) is 0.0973. The summed E-state index contributed by atoms with van der Waals surface area (Å²) in [6, 6.07) is 4.93. The molecule has 2 nitrogen and oxygen atoms in total. The molecule has 0 spiro atoms. The number of halogens is 1. The molecule has 1 unspecified atom stereocenters. The molecule has 1 atom stereocenters. The van der Waals surface area contributed by atoms with Gasteiger partial charge in [0.05, 0.1) is 11.1 Å². The van der Waals surface area contributed by atoms with Gasteiger partial charge in [0.25, 0.3) is 0 Å². The maximum Gasteiger partial charge on any atom is 0.187 e. The van der Waals surface area contributed by atoms with Crippen LogP contribution < -0.4 is 4.74 Å². The van der Waals surface area contributed by atoms with Crippen molar-refractivity contribution in [3.63, 3.8) is 0 Å². The minimum atomic E-state index is -0.488. The molecule has 0 N–H and O–H groups in total. The second kappa shape index (κ2) is 3.89. The Labute approximate surface area is 95.2 Å². The van der Waals surface area contributed by atoms with Crippen molar-refractivity contribution in [2.45, 2.75) is 39.2 Å². The lowest BCUT2D eigenvalue weighted by molar-refractivity contribution is 0.368. The summed E-state index contributed by atoms with van der Waals surface area (Å²) in [6.07, 6.45) is 1.78. The minimum Gasteiger partial charge on any atom is -0.443 e. The van der Waals surface area contributed by atoms with Crippen molar-refractivity contribution >= 4 is 5.90 Å². The topological polar surface area (TPSA) is 21.6 Å². The Kier molecular flexibility index (Phi) is 2.70. The first kappa shape index (κ1) is 11.1. The van der Waals surface area contributed by atoms with Crippen LogP contribution >= 0.6 is 0 Å². The van der Waals surface area contributed by atoms with Crippen molar-refractivity contribution < 1.29 is 9.13 Å². The van der Waals surface area contributed by atoms with Crippen molar-refractivity contribution in [3.8, 4) is 5.75 Å². The molecule has 0 bridgehead atoms. The number of nitrogens with zero attached hydrogens (tertiary/aromatic N) is 1. The lowest BCUT2D eigenvalue weighted by Crippen LogP contribution is -2.29. The fourth-order valence-corrected chi connectivity index (χ4v) is 2.37. The first-order valence-electron chi connectivity index (χ1n) is 5.60. The van der Waals surface area contributed by atoms with Crippen molar-refractivity contribution in [2.75, 3.05) is 0 Å².